The summed E-state index contributed by atoms with van der Waals surface area (Å²) < 4.78 is 39.1. The molecule has 2 heterocycles. The molecule has 2 saturated carbocycles. The van der Waals surface area contributed by atoms with Crippen molar-refractivity contribution >= 4 is 34.2 Å². The van der Waals surface area contributed by atoms with Gasteiger partial charge in [-0.05, 0) is 61.3 Å². The van der Waals surface area contributed by atoms with Crippen LogP contribution < -0.4 is 11.1 Å². The molecule has 1 aromatic rings. The number of nitrogens with one attached hydrogen (secondary N) is 1. The van der Waals surface area contributed by atoms with Crippen molar-refractivity contribution < 1.29 is 27.6 Å². The standard InChI is InChI=1S/C25H32F3N5O3S/c1-11-16(19(29)35)17-12-6-5-8-23(12,2)9-7-13(17)24(3)14(10-15(34)33(4)18(11)24)20(36)30-22-32-31-21(37-22)25(26,27)28/h12-14,16-17H,5-10H2,1-4H3,(H2,29,35)(H,30,32,36)/t12-,13+,14?,16?,17-,23-,24-/m0/s1. The van der Waals surface area contributed by atoms with Gasteiger partial charge >= 0.3 is 6.18 Å². The molecule has 3 aliphatic carbocycles. The molecule has 0 aromatic carbocycles. The Morgan fingerprint density at radius 2 is 1.86 bits per heavy atom. The van der Waals surface area contributed by atoms with E-state index in [1.807, 2.05) is 13.8 Å². The van der Waals surface area contributed by atoms with Crippen molar-refractivity contribution in [3.05, 3.63) is 16.3 Å². The highest BCUT2D eigenvalue weighted by Crippen LogP contribution is 2.68. The van der Waals surface area contributed by atoms with Crippen LogP contribution in [0.15, 0.2) is 11.3 Å². The quantitative estimate of drug-likeness (QED) is 0.597. The van der Waals surface area contributed by atoms with Gasteiger partial charge in [0.1, 0.15) is 0 Å². The zero-order valence-electron chi connectivity index (χ0n) is 21.3. The highest BCUT2D eigenvalue weighted by molar-refractivity contribution is 7.15. The Labute approximate surface area is 217 Å². The predicted molar refractivity (Wildman–Crippen MR) is 130 cm³/mol. The van der Waals surface area contributed by atoms with Gasteiger partial charge in [-0.25, -0.2) is 0 Å². The number of aromatic nitrogens is 2. The summed E-state index contributed by atoms with van der Waals surface area (Å²) in [5.74, 6) is -2.54. The van der Waals surface area contributed by atoms with Gasteiger partial charge in [0.15, 0.2) is 0 Å². The van der Waals surface area contributed by atoms with Crippen molar-refractivity contribution in [3.63, 3.8) is 0 Å². The molecule has 2 unspecified atom stereocenters. The van der Waals surface area contributed by atoms with Crippen LogP contribution in [-0.2, 0) is 20.6 Å². The Hall–Kier alpha value is -2.50. The van der Waals surface area contributed by atoms with Crippen LogP contribution in [0.4, 0.5) is 18.3 Å². The summed E-state index contributed by atoms with van der Waals surface area (Å²) in [6.45, 7) is 6.10. The highest BCUT2D eigenvalue weighted by atomic mass is 32.1. The lowest BCUT2D eigenvalue weighted by molar-refractivity contribution is -0.153. The van der Waals surface area contributed by atoms with Crippen LogP contribution in [-0.4, -0.2) is 39.9 Å². The molecule has 3 amide bonds. The number of carbonyl (C=O) groups excluding carboxylic acids is 3. The molecule has 37 heavy (non-hydrogen) atoms. The van der Waals surface area contributed by atoms with Gasteiger partial charge in [0.2, 0.25) is 27.9 Å². The third-order valence-electron chi connectivity index (χ3n) is 9.95. The van der Waals surface area contributed by atoms with Crippen LogP contribution in [0.1, 0.15) is 64.3 Å². The van der Waals surface area contributed by atoms with E-state index < -0.39 is 40.2 Å². The summed E-state index contributed by atoms with van der Waals surface area (Å²) in [6.07, 6.45) is 0.104. The average molecular weight is 540 g/mol. The van der Waals surface area contributed by atoms with E-state index in [0.29, 0.717) is 5.70 Å². The summed E-state index contributed by atoms with van der Waals surface area (Å²) >= 11 is 0.254. The molecule has 0 spiro atoms. The van der Waals surface area contributed by atoms with Gasteiger partial charge < -0.3 is 16.0 Å². The Morgan fingerprint density at radius 1 is 1.16 bits per heavy atom. The number of piperidine rings is 1. The SMILES string of the molecule is CC1=C2N(C)C(=O)CC(C(=O)Nc3nnc(C(F)(F)F)s3)[C@]2(C)[C@@H]2CC[C@]3(C)CCC[C@H]3[C@@H]2C1C(N)=O. The first kappa shape index (κ1) is 26.1. The van der Waals surface area contributed by atoms with E-state index in [1.54, 1.807) is 11.9 Å². The van der Waals surface area contributed by atoms with Crippen molar-refractivity contribution in [1.29, 1.82) is 0 Å². The number of alkyl halides is 3. The first-order valence-electron chi connectivity index (χ1n) is 12.7. The minimum atomic E-state index is -4.67. The van der Waals surface area contributed by atoms with Crippen LogP contribution >= 0.6 is 11.3 Å². The third-order valence-corrected chi connectivity index (χ3v) is 10.8. The first-order chi connectivity index (χ1) is 17.2. The van der Waals surface area contributed by atoms with Crippen LogP contribution in [0.3, 0.4) is 0 Å². The third kappa shape index (κ3) is 3.80. The van der Waals surface area contributed by atoms with E-state index in [1.165, 1.54) is 0 Å². The van der Waals surface area contributed by atoms with Crippen molar-refractivity contribution in [1.82, 2.24) is 15.1 Å². The lowest BCUT2D eigenvalue weighted by Crippen LogP contribution is -2.62. The second kappa shape index (κ2) is 8.51. The number of primary amides is 1. The summed E-state index contributed by atoms with van der Waals surface area (Å²) in [5, 5.41) is 7.77. The number of hydrogen-bond donors (Lipinski definition) is 2. The second-order valence-corrected chi connectivity index (χ2v) is 12.7. The zero-order chi connectivity index (χ0) is 27.1. The number of anilines is 1. The monoisotopic (exact) mass is 539 g/mol. The van der Waals surface area contributed by atoms with E-state index in [2.05, 4.69) is 22.4 Å². The number of allylic oxidation sites excluding steroid dienone is 1. The average Bonchev–Trinajstić information content (AvgIpc) is 3.42. The van der Waals surface area contributed by atoms with E-state index in [4.69, 9.17) is 5.73 Å². The number of halogens is 3. The Bertz CT molecular complexity index is 1200. The number of hydrogen-bond acceptors (Lipinski definition) is 6. The number of nitrogens with two attached hydrogens (primary N) is 1. The largest absolute Gasteiger partial charge is 0.445 e. The van der Waals surface area contributed by atoms with Gasteiger partial charge in [-0.1, -0.05) is 31.6 Å². The molecule has 0 radical (unpaired) electrons. The number of carbonyl (C=O) groups is 3. The summed E-state index contributed by atoms with van der Waals surface area (Å²) in [5.41, 5.74) is 6.65. The van der Waals surface area contributed by atoms with Crippen LogP contribution in [0.5, 0.6) is 0 Å². The lowest BCUT2D eigenvalue weighted by Gasteiger charge is -2.62. The van der Waals surface area contributed by atoms with Crippen LogP contribution in [0, 0.1) is 40.4 Å². The second-order valence-electron chi connectivity index (χ2n) is 11.7. The van der Waals surface area contributed by atoms with Crippen molar-refractivity contribution in [2.24, 2.45) is 46.2 Å². The summed E-state index contributed by atoms with van der Waals surface area (Å²) in [7, 11) is 1.66. The number of amides is 3. The fourth-order valence-electron chi connectivity index (χ4n) is 8.43. The highest BCUT2D eigenvalue weighted by Gasteiger charge is 2.65. The topological polar surface area (TPSA) is 118 Å². The molecule has 1 aromatic heterocycles. The van der Waals surface area contributed by atoms with Crippen LogP contribution in [0.25, 0.3) is 0 Å². The number of nitrogens with zero attached hydrogens (tertiary/aromatic N) is 3. The smallest absolute Gasteiger partial charge is 0.369 e. The molecule has 5 rings (SSSR count). The minimum absolute atomic E-state index is 0.0669. The molecule has 0 bridgehead atoms. The van der Waals surface area contributed by atoms with Crippen molar-refractivity contribution in [2.45, 2.75) is 65.5 Å². The molecule has 3 N–H and O–H groups in total. The molecule has 1 saturated heterocycles. The molecular formula is C25H32F3N5O3S. The fraction of sp³-hybridized carbons (Fsp3) is 0.720. The molecular weight excluding hydrogens is 507 g/mol. The number of likely N-dealkylation sites (tertiary alicyclic amines) is 1. The lowest BCUT2D eigenvalue weighted by atomic mass is 9.44. The maximum Gasteiger partial charge on any atom is 0.445 e. The predicted octanol–water partition coefficient (Wildman–Crippen LogP) is 4.20. The van der Waals surface area contributed by atoms with Crippen LogP contribution in [0.2, 0.25) is 0 Å². The van der Waals surface area contributed by atoms with Gasteiger partial charge in [0, 0.05) is 24.6 Å². The zero-order valence-corrected chi connectivity index (χ0v) is 22.1. The maximum absolute atomic E-state index is 13.7. The van der Waals surface area contributed by atoms with E-state index in [9.17, 15) is 27.6 Å². The van der Waals surface area contributed by atoms with Gasteiger partial charge in [-0.3, -0.25) is 14.4 Å². The van der Waals surface area contributed by atoms with E-state index in [0.717, 1.165) is 37.7 Å². The number of rotatable bonds is 3. The number of fused-ring (bicyclic) bond motifs is 5. The molecule has 202 valence electrons. The Kier molecular flexibility index (Phi) is 6.00. The van der Waals surface area contributed by atoms with Crippen molar-refractivity contribution in [3.8, 4) is 0 Å². The molecule has 3 fully saturated rings. The van der Waals surface area contributed by atoms with Crippen molar-refractivity contribution in [2.75, 3.05) is 12.4 Å². The fourth-order valence-corrected chi connectivity index (χ4v) is 9.05. The Morgan fingerprint density at radius 3 is 2.49 bits per heavy atom. The van der Waals surface area contributed by atoms with Gasteiger partial charge in [-0.2, -0.15) is 13.2 Å². The normalized spacial score (nSPS) is 37.6. The molecule has 8 nitrogen and oxygen atoms in total. The summed E-state index contributed by atoms with van der Waals surface area (Å²) in [6, 6.07) is 0. The Balaban J connectivity index is 1.60. The van der Waals surface area contributed by atoms with E-state index in [-0.39, 0.29) is 52.0 Å². The first-order valence-corrected chi connectivity index (χ1v) is 13.5. The molecule has 7 atom stereocenters. The molecule has 4 aliphatic rings. The van der Waals surface area contributed by atoms with E-state index >= 15 is 0 Å². The molecule has 12 heteroatoms. The van der Waals surface area contributed by atoms with Gasteiger partial charge in [0.05, 0.1) is 11.8 Å². The maximum atomic E-state index is 13.7. The molecule has 1 aliphatic heterocycles. The van der Waals surface area contributed by atoms with Gasteiger partial charge in [0.25, 0.3) is 0 Å². The summed E-state index contributed by atoms with van der Waals surface area (Å²) in [4.78, 5) is 41.3. The van der Waals surface area contributed by atoms with Gasteiger partial charge in [-0.15, -0.1) is 10.2 Å². The minimum Gasteiger partial charge on any atom is -0.369 e.